The second kappa shape index (κ2) is 14.0. The molecule has 0 aromatic heterocycles. The van der Waals surface area contributed by atoms with Crippen LogP contribution in [0.25, 0.3) is 11.1 Å². The number of rotatable bonds is 5. The fraction of sp³-hybridized carbons (Fsp3) is 0.513. The normalized spacial score (nSPS) is 29.1. The van der Waals surface area contributed by atoms with Crippen LogP contribution in [0, 0.1) is 29.5 Å². The minimum absolute atomic E-state index is 0.121. The van der Waals surface area contributed by atoms with E-state index in [9.17, 15) is 33.5 Å². The summed E-state index contributed by atoms with van der Waals surface area (Å²) in [5.41, 5.74) is -0.433. The predicted molar refractivity (Wildman–Crippen MR) is 183 cm³/mol. The van der Waals surface area contributed by atoms with Crippen LogP contribution in [0.4, 0.5) is 4.39 Å². The highest BCUT2D eigenvalue weighted by atomic mass is 19.1. The van der Waals surface area contributed by atoms with Crippen molar-refractivity contribution in [1.29, 1.82) is 0 Å². The third kappa shape index (κ3) is 7.46. The number of fused-ring (bicyclic) bond motifs is 4. The number of carbonyl (C=O) groups excluding carboxylic acids is 4. The highest BCUT2D eigenvalue weighted by molar-refractivity contribution is 5.97. The first kappa shape index (κ1) is 35.3. The molecule has 1 aliphatic carbocycles. The lowest BCUT2D eigenvalue weighted by Crippen LogP contribution is -2.56. The molecule has 3 heterocycles. The van der Waals surface area contributed by atoms with Crippen molar-refractivity contribution in [3.8, 4) is 11.1 Å². The smallest absolute Gasteiger partial charge is 0.330 e. The summed E-state index contributed by atoms with van der Waals surface area (Å²) >= 11 is 0. The molecule has 6 atom stereocenters. The summed E-state index contributed by atoms with van der Waals surface area (Å²) in [5.74, 6) is -4.85. The Morgan fingerprint density at radius 3 is 2.46 bits per heavy atom. The lowest BCUT2D eigenvalue weighted by atomic mass is 9.92. The van der Waals surface area contributed by atoms with E-state index < -0.39 is 46.9 Å². The van der Waals surface area contributed by atoms with Crippen LogP contribution in [0.3, 0.4) is 0 Å². The number of allylic oxidation sites excluding steroid dienone is 1. The number of ether oxygens (including phenoxy) is 1. The van der Waals surface area contributed by atoms with Gasteiger partial charge in [0.25, 0.3) is 5.91 Å². The lowest BCUT2D eigenvalue weighted by Gasteiger charge is -2.32. The van der Waals surface area contributed by atoms with Gasteiger partial charge in [-0.1, -0.05) is 49.3 Å². The van der Waals surface area contributed by atoms with Gasteiger partial charge in [-0.25, -0.2) is 9.18 Å². The first-order valence-corrected chi connectivity index (χ1v) is 17.7. The van der Waals surface area contributed by atoms with Gasteiger partial charge in [-0.2, -0.15) is 0 Å². The molecule has 3 aliphatic heterocycles. The molecule has 11 heteroatoms. The van der Waals surface area contributed by atoms with Gasteiger partial charge >= 0.3 is 11.9 Å². The summed E-state index contributed by atoms with van der Waals surface area (Å²) in [6.07, 6.45) is 7.57. The number of nitrogens with one attached hydrogen (secondary N) is 1. The van der Waals surface area contributed by atoms with Crippen molar-refractivity contribution in [3.63, 3.8) is 0 Å². The molecular formula is C39H46FN3O7. The van der Waals surface area contributed by atoms with Gasteiger partial charge in [-0.3, -0.25) is 19.2 Å². The van der Waals surface area contributed by atoms with E-state index in [1.165, 1.54) is 17.0 Å². The molecule has 2 N–H and O–H groups in total. The van der Waals surface area contributed by atoms with Crippen molar-refractivity contribution in [3.05, 3.63) is 72.1 Å². The third-order valence-corrected chi connectivity index (χ3v) is 10.5. The fourth-order valence-electron chi connectivity index (χ4n) is 7.93. The average Bonchev–Trinajstić information content (AvgIpc) is 3.41. The number of hydrogen-bond donors (Lipinski definition) is 2. The SMILES string of the molecule is CC(C)(C)OC(=O)C[C@@H]1CCCCC/C=C\[C@@H]2C[C@@]2(C(=O)O)NC(=O)[C@@H]2[C@H]3CN(C(=O)c4cccc(-c5cccc(F)c5)c4)C[C@H]3CN2C1=O. The molecule has 50 heavy (non-hydrogen) atoms. The van der Waals surface area contributed by atoms with Gasteiger partial charge in [0.05, 0.1) is 6.42 Å². The van der Waals surface area contributed by atoms with E-state index in [1.54, 1.807) is 56.0 Å². The molecule has 2 aromatic rings. The fourth-order valence-corrected chi connectivity index (χ4v) is 7.93. The Morgan fingerprint density at radius 1 is 1.00 bits per heavy atom. The minimum atomic E-state index is -1.46. The van der Waals surface area contributed by atoms with Gasteiger partial charge in [0, 0.05) is 48.9 Å². The van der Waals surface area contributed by atoms with Crippen LogP contribution >= 0.6 is 0 Å². The van der Waals surface area contributed by atoms with Crippen LogP contribution in [0.15, 0.2) is 60.7 Å². The van der Waals surface area contributed by atoms with Crippen molar-refractivity contribution in [2.24, 2.45) is 23.7 Å². The van der Waals surface area contributed by atoms with Crippen LogP contribution < -0.4 is 5.32 Å². The molecule has 0 spiro atoms. The Morgan fingerprint density at radius 2 is 1.74 bits per heavy atom. The number of aliphatic carboxylic acids is 1. The standard InChI is InChI=1S/C39H46FN3O7/c1-38(2,3)50-32(44)19-27-11-7-5-4-6-8-15-29-20-39(29,37(48)49)41-34(45)33-31-23-42(21-28(31)22-43(33)36(27)47)35(46)26-14-9-12-24(17-26)25-13-10-16-30(40)18-25/h8-10,12-18,27-29,31,33H,4-7,11,19-23H2,1-3H3,(H,41,45)(H,48,49)/b15-8-/t27-,28-,29+,31-,33-,39+/m0/s1. The van der Waals surface area contributed by atoms with Gasteiger partial charge in [0.15, 0.2) is 0 Å². The molecule has 0 unspecified atom stereocenters. The topological polar surface area (TPSA) is 133 Å². The maximum atomic E-state index is 14.4. The number of carbonyl (C=O) groups is 5. The molecule has 0 bridgehead atoms. The third-order valence-electron chi connectivity index (χ3n) is 10.5. The quantitative estimate of drug-likeness (QED) is 0.325. The number of halogens is 1. The van der Waals surface area contributed by atoms with Crippen molar-refractivity contribution in [2.45, 2.75) is 82.9 Å². The lowest BCUT2D eigenvalue weighted by molar-refractivity contribution is -0.159. The Hall–Kier alpha value is -4.54. The van der Waals surface area contributed by atoms with Gasteiger partial charge in [-0.15, -0.1) is 0 Å². The zero-order chi connectivity index (χ0) is 35.8. The molecule has 1 saturated carbocycles. The van der Waals surface area contributed by atoms with Crippen LogP contribution in [0.5, 0.6) is 0 Å². The van der Waals surface area contributed by atoms with E-state index in [2.05, 4.69) is 5.32 Å². The molecule has 2 saturated heterocycles. The summed E-state index contributed by atoms with van der Waals surface area (Å²) in [4.78, 5) is 71.2. The zero-order valence-electron chi connectivity index (χ0n) is 28.9. The summed E-state index contributed by atoms with van der Waals surface area (Å²) in [5, 5.41) is 13.1. The first-order chi connectivity index (χ1) is 23.8. The van der Waals surface area contributed by atoms with Crippen LogP contribution in [-0.4, -0.2) is 81.4 Å². The summed E-state index contributed by atoms with van der Waals surface area (Å²) < 4.78 is 19.5. The summed E-state index contributed by atoms with van der Waals surface area (Å²) in [7, 11) is 0. The average molecular weight is 688 g/mol. The number of esters is 1. The number of likely N-dealkylation sites (tertiary alicyclic amines) is 1. The van der Waals surface area contributed by atoms with Gasteiger partial charge < -0.3 is 25.0 Å². The van der Waals surface area contributed by atoms with Crippen LogP contribution in [0.2, 0.25) is 0 Å². The Bertz CT molecular complexity index is 1700. The van der Waals surface area contributed by atoms with Crippen molar-refractivity contribution in [1.82, 2.24) is 15.1 Å². The van der Waals surface area contributed by atoms with Crippen molar-refractivity contribution in [2.75, 3.05) is 19.6 Å². The molecule has 4 aliphatic rings. The predicted octanol–water partition coefficient (Wildman–Crippen LogP) is 5.22. The van der Waals surface area contributed by atoms with E-state index in [-0.39, 0.29) is 55.4 Å². The number of carboxylic acids is 1. The number of nitrogens with zero attached hydrogens (tertiary/aromatic N) is 2. The number of benzene rings is 2. The van der Waals surface area contributed by atoms with Gasteiger partial charge in [0.2, 0.25) is 11.8 Å². The van der Waals surface area contributed by atoms with E-state index in [0.29, 0.717) is 36.1 Å². The van der Waals surface area contributed by atoms with Crippen molar-refractivity contribution < 1.29 is 38.2 Å². The molecule has 2 aromatic carbocycles. The van der Waals surface area contributed by atoms with Gasteiger partial charge in [0.1, 0.15) is 23.0 Å². The first-order valence-electron chi connectivity index (χ1n) is 17.7. The van der Waals surface area contributed by atoms with E-state index in [1.807, 2.05) is 18.2 Å². The van der Waals surface area contributed by atoms with Gasteiger partial charge in [-0.05, 0) is 81.8 Å². The molecule has 266 valence electrons. The largest absolute Gasteiger partial charge is 0.479 e. The monoisotopic (exact) mass is 687 g/mol. The minimum Gasteiger partial charge on any atom is -0.479 e. The molecule has 3 amide bonds. The Labute approximate surface area is 292 Å². The second-order valence-electron chi connectivity index (χ2n) is 15.3. The number of hydrogen-bond acceptors (Lipinski definition) is 6. The van der Waals surface area contributed by atoms with E-state index >= 15 is 0 Å². The summed E-state index contributed by atoms with van der Waals surface area (Å²) in [6, 6.07) is 12.1. The zero-order valence-corrected chi connectivity index (χ0v) is 28.9. The molecule has 0 radical (unpaired) electrons. The Kier molecular flexibility index (Phi) is 9.88. The highest BCUT2D eigenvalue weighted by Gasteiger charge is 2.62. The van der Waals surface area contributed by atoms with Crippen LogP contribution in [-0.2, 0) is 23.9 Å². The van der Waals surface area contributed by atoms with E-state index in [0.717, 1.165) is 19.3 Å². The molecule has 10 nitrogen and oxygen atoms in total. The molecule has 3 fully saturated rings. The van der Waals surface area contributed by atoms with Crippen molar-refractivity contribution >= 4 is 29.7 Å². The maximum absolute atomic E-state index is 14.4. The highest BCUT2D eigenvalue weighted by Crippen LogP contribution is 2.46. The molecule has 6 rings (SSSR count). The summed E-state index contributed by atoms with van der Waals surface area (Å²) in [6.45, 7) is 6.00. The number of amides is 3. The second-order valence-corrected chi connectivity index (χ2v) is 15.3. The Balaban J connectivity index is 1.27. The molecular weight excluding hydrogens is 641 g/mol. The number of carboxylic acid groups (broad SMARTS) is 1. The van der Waals surface area contributed by atoms with Crippen LogP contribution in [0.1, 0.15) is 76.1 Å². The maximum Gasteiger partial charge on any atom is 0.330 e. The van der Waals surface area contributed by atoms with E-state index in [4.69, 9.17) is 4.74 Å².